The van der Waals surface area contributed by atoms with Crippen molar-refractivity contribution in [2.24, 2.45) is 5.92 Å². The molecule has 1 saturated heterocycles. The third-order valence-corrected chi connectivity index (χ3v) is 3.71. The summed E-state index contributed by atoms with van der Waals surface area (Å²) in [6, 6.07) is 0. The molecule has 0 radical (unpaired) electrons. The molecule has 2 N–H and O–H groups in total. The fourth-order valence-corrected chi connectivity index (χ4v) is 2.27. The molecule has 2 unspecified atom stereocenters. The van der Waals surface area contributed by atoms with Crippen LogP contribution in [0.4, 0.5) is 0 Å². The van der Waals surface area contributed by atoms with Crippen molar-refractivity contribution in [2.75, 3.05) is 46.1 Å². The van der Waals surface area contributed by atoms with Crippen molar-refractivity contribution in [3.05, 3.63) is 0 Å². The highest BCUT2D eigenvalue weighted by atomic mass is 16.5. The third kappa shape index (κ3) is 7.55. The molecule has 118 valence electrons. The van der Waals surface area contributed by atoms with E-state index >= 15 is 0 Å². The molecule has 1 aliphatic heterocycles. The Kier molecular flexibility index (Phi) is 7.83. The van der Waals surface area contributed by atoms with Gasteiger partial charge in [0.05, 0.1) is 25.4 Å². The van der Waals surface area contributed by atoms with Crippen LogP contribution in [0.2, 0.25) is 0 Å². The van der Waals surface area contributed by atoms with Crippen molar-refractivity contribution in [1.29, 1.82) is 0 Å². The summed E-state index contributed by atoms with van der Waals surface area (Å²) in [5, 5.41) is 13.0. The number of nitrogens with one attached hydrogen (secondary N) is 1. The van der Waals surface area contributed by atoms with Crippen molar-refractivity contribution in [3.8, 4) is 0 Å². The maximum Gasteiger partial charge on any atom is 0.0897 e. The molecule has 20 heavy (non-hydrogen) atoms. The molecule has 0 aromatic carbocycles. The van der Waals surface area contributed by atoms with E-state index in [1.165, 1.54) is 12.8 Å². The van der Waals surface area contributed by atoms with Gasteiger partial charge in [0.15, 0.2) is 0 Å². The van der Waals surface area contributed by atoms with E-state index in [0.29, 0.717) is 19.8 Å². The smallest absolute Gasteiger partial charge is 0.0897 e. The van der Waals surface area contributed by atoms with Crippen LogP contribution in [-0.4, -0.2) is 63.4 Å². The Hall–Kier alpha value is -0.200. The molecule has 2 fully saturated rings. The lowest BCUT2D eigenvalue weighted by Gasteiger charge is -2.14. The number of hydrogen-bond acceptors (Lipinski definition) is 5. The summed E-state index contributed by atoms with van der Waals surface area (Å²) >= 11 is 0. The maximum atomic E-state index is 9.75. The van der Waals surface area contributed by atoms with E-state index in [1.54, 1.807) is 0 Å². The van der Waals surface area contributed by atoms with Gasteiger partial charge >= 0.3 is 0 Å². The fraction of sp³-hybridized carbons (Fsp3) is 1.00. The molecule has 1 heterocycles. The first-order valence-electron chi connectivity index (χ1n) is 8.00. The second-order valence-corrected chi connectivity index (χ2v) is 5.90. The van der Waals surface area contributed by atoms with E-state index in [9.17, 15) is 5.11 Å². The summed E-state index contributed by atoms with van der Waals surface area (Å²) in [5.74, 6) is 0.839. The van der Waals surface area contributed by atoms with E-state index < -0.39 is 6.10 Å². The molecule has 1 saturated carbocycles. The molecule has 0 aromatic rings. The number of rotatable bonds is 12. The topological polar surface area (TPSA) is 60.0 Å². The van der Waals surface area contributed by atoms with Crippen molar-refractivity contribution in [1.82, 2.24) is 5.32 Å². The SMILES string of the molecule is OC(CNCCCOCC1CC1)COCC1CCCO1. The Labute approximate surface area is 122 Å². The first-order chi connectivity index (χ1) is 9.84. The largest absolute Gasteiger partial charge is 0.389 e. The van der Waals surface area contributed by atoms with E-state index in [2.05, 4.69) is 5.32 Å². The minimum absolute atomic E-state index is 0.235. The summed E-state index contributed by atoms with van der Waals surface area (Å²) in [7, 11) is 0. The summed E-state index contributed by atoms with van der Waals surface area (Å²) in [6.45, 7) is 5.04. The van der Waals surface area contributed by atoms with Crippen molar-refractivity contribution in [3.63, 3.8) is 0 Å². The highest BCUT2D eigenvalue weighted by Gasteiger charge is 2.20. The zero-order valence-electron chi connectivity index (χ0n) is 12.4. The highest BCUT2D eigenvalue weighted by molar-refractivity contribution is 4.72. The Balaban J connectivity index is 1.31. The fourth-order valence-electron chi connectivity index (χ4n) is 2.27. The van der Waals surface area contributed by atoms with Gasteiger partial charge in [-0.3, -0.25) is 0 Å². The maximum absolute atomic E-state index is 9.75. The van der Waals surface area contributed by atoms with E-state index in [0.717, 1.165) is 51.5 Å². The van der Waals surface area contributed by atoms with Gasteiger partial charge in [-0.2, -0.15) is 0 Å². The van der Waals surface area contributed by atoms with Gasteiger partial charge in [-0.1, -0.05) is 0 Å². The number of ether oxygens (including phenoxy) is 3. The van der Waals surface area contributed by atoms with Crippen LogP contribution in [0.3, 0.4) is 0 Å². The minimum atomic E-state index is -0.441. The van der Waals surface area contributed by atoms with Gasteiger partial charge in [0.1, 0.15) is 0 Å². The highest BCUT2D eigenvalue weighted by Crippen LogP contribution is 2.28. The molecule has 0 bridgehead atoms. The Bertz CT molecular complexity index is 242. The average molecular weight is 287 g/mol. The lowest BCUT2D eigenvalue weighted by atomic mass is 10.2. The minimum Gasteiger partial charge on any atom is -0.389 e. The second-order valence-electron chi connectivity index (χ2n) is 5.90. The Morgan fingerprint density at radius 2 is 2.10 bits per heavy atom. The monoisotopic (exact) mass is 287 g/mol. The van der Waals surface area contributed by atoms with Crippen LogP contribution >= 0.6 is 0 Å². The number of aliphatic hydroxyl groups is 1. The molecular weight excluding hydrogens is 258 g/mol. The van der Waals surface area contributed by atoms with E-state index in [-0.39, 0.29) is 6.10 Å². The summed E-state index contributed by atoms with van der Waals surface area (Å²) in [5.41, 5.74) is 0. The lowest BCUT2D eigenvalue weighted by Crippen LogP contribution is -2.32. The van der Waals surface area contributed by atoms with Crippen LogP contribution < -0.4 is 5.32 Å². The quantitative estimate of drug-likeness (QED) is 0.523. The van der Waals surface area contributed by atoms with Gasteiger partial charge in [0.25, 0.3) is 0 Å². The Morgan fingerprint density at radius 3 is 2.85 bits per heavy atom. The molecule has 0 amide bonds. The van der Waals surface area contributed by atoms with Crippen molar-refractivity contribution >= 4 is 0 Å². The molecule has 5 nitrogen and oxygen atoms in total. The zero-order valence-corrected chi connectivity index (χ0v) is 12.4. The van der Waals surface area contributed by atoms with E-state index in [1.807, 2.05) is 0 Å². The molecule has 1 aliphatic carbocycles. The standard InChI is InChI=1S/C15H29NO4/c17-14(11-19-12-15-3-1-8-20-15)9-16-6-2-7-18-10-13-4-5-13/h13-17H,1-12H2. The molecule has 2 rings (SSSR count). The zero-order chi connectivity index (χ0) is 14.0. The lowest BCUT2D eigenvalue weighted by molar-refractivity contribution is -0.0164. The molecular formula is C15H29NO4. The van der Waals surface area contributed by atoms with Gasteiger partial charge in [0.2, 0.25) is 0 Å². The number of aliphatic hydroxyl groups excluding tert-OH is 1. The van der Waals surface area contributed by atoms with Crippen molar-refractivity contribution < 1.29 is 19.3 Å². The first-order valence-corrected chi connectivity index (χ1v) is 8.00. The van der Waals surface area contributed by atoms with Gasteiger partial charge in [-0.05, 0) is 44.6 Å². The molecule has 5 heteroatoms. The van der Waals surface area contributed by atoms with Crippen LogP contribution in [0, 0.1) is 5.92 Å². The predicted octanol–water partition coefficient (Wildman–Crippen LogP) is 0.949. The molecule has 2 atom stereocenters. The van der Waals surface area contributed by atoms with E-state index in [4.69, 9.17) is 14.2 Å². The average Bonchev–Trinajstić information content (AvgIpc) is 3.12. The third-order valence-electron chi connectivity index (χ3n) is 3.71. The van der Waals surface area contributed by atoms with Crippen LogP contribution in [-0.2, 0) is 14.2 Å². The summed E-state index contributed by atoms with van der Waals surface area (Å²) in [6.07, 6.45) is 5.68. The predicted molar refractivity (Wildman–Crippen MR) is 76.8 cm³/mol. The second kappa shape index (κ2) is 9.68. The first kappa shape index (κ1) is 16.2. The van der Waals surface area contributed by atoms with Gasteiger partial charge in [0, 0.05) is 26.4 Å². The molecule has 0 spiro atoms. The van der Waals surface area contributed by atoms with Crippen LogP contribution in [0.15, 0.2) is 0 Å². The van der Waals surface area contributed by atoms with Gasteiger partial charge in [-0.25, -0.2) is 0 Å². The van der Waals surface area contributed by atoms with Gasteiger partial charge < -0.3 is 24.6 Å². The van der Waals surface area contributed by atoms with Gasteiger partial charge in [-0.15, -0.1) is 0 Å². The summed E-state index contributed by atoms with van der Waals surface area (Å²) < 4.78 is 16.5. The van der Waals surface area contributed by atoms with Crippen LogP contribution in [0.1, 0.15) is 32.1 Å². The normalized spacial score (nSPS) is 24.1. The van der Waals surface area contributed by atoms with Crippen LogP contribution in [0.5, 0.6) is 0 Å². The molecule has 2 aliphatic rings. The van der Waals surface area contributed by atoms with Crippen LogP contribution in [0.25, 0.3) is 0 Å². The number of hydrogen-bond donors (Lipinski definition) is 2. The Morgan fingerprint density at radius 1 is 1.20 bits per heavy atom. The van der Waals surface area contributed by atoms with Crippen molar-refractivity contribution in [2.45, 2.75) is 44.3 Å². The summed E-state index contributed by atoms with van der Waals surface area (Å²) in [4.78, 5) is 0. The molecule has 0 aromatic heterocycles.